The molecule has 2 rings (SSSR count). The minimum Gasteiger partial charge on any atom is -0.320 e. The Balaban J connectivity index is 2.42. The van der Waals surface area contributed by atoms with Gasteiger partial charge in [-0.25, -0.2) is 8.78 Å². The van der Waals surface area contributed by atoms with E-state index in [9.17, 15) is 8.78 Å². The molecule has 0 amide bonds. The molecule has 1 nitrogen and oxygen atoms in total. The first kappa shape index (κ1) is 10.3. The Morgan fingerprint density at radius 1 is 1.13 bits per heavy atom. The van der Waals surface area contributed by atoms with Gasteiger partial charge in [0.2, 0.25) is 0 Å². The maximum Gasteiger partial charge on any atom is 0.163 e. The molecule has 1 heterocycles. The van der Waals surface area contributed by atoms with Crippen molar-refractivity contribution in [1.29, 1.82) is 0 Å². The Bertz CT molecular complexity index is 454. The molecule has 2 aromatic rings. The summed E-state index contributed by atoms with van der Waals surface area (Å²) in [5.74, 6) is -1.72. The van der Waals surface area contributed by atoms with E-state index in [2.05, 4.69) is 0 Å². The summed E-state index contributed by atoms with van der Waals surface area (Å²) in [5.41, 5.74) is 6.03. The van der Waals surface area contributed by atoms with Crippen LogP contribution in [-0.4, -0.2) is 0 Å². The third-order valence-corrected chi connectivity index (χ3v) is 3.12. The molecule has 4 heteroatoms. The standard InChI is InChI=1S/C11H9F2NS/c12-8-4-1-3-7(10(8)13)11(14)9-5-2-6-15-9/h1-6,11H,14H2/t11-/m0/s1. The van der Waals surface area contributed by atoms with E-state index in [4.69, 9.17) is 5.73 Å². The average molecular weight is 225 g/mol. The van der Waals surface area contributed by atoms with E-state index in [-0.39, 0.29) is 5.56 Å². The van der Waals surface area contributed by atoms with E-state index in [1.54, 1.807) is 6.07 Å². The highest BCUT2D eigenvalue weighted by Crippen LogP contribution is 2.26. The molecule has 1 aromatic carbocycles. The van der Waals surface area contributed by atoms with Crippen LogP contribution in [0.15, 0.2) is 35.7 Å². The summed E-state index contributed by atoms with van der Waals surface area (Å²) in [7, 11) is 0. The number of nitrogens with two attached hydrogens (primary N) is 1. The first-order valence-corrected chi connectivity index (χ1v) is 5.31. The number of thiophene rings is 1. The van der Waals surface area contributed by atoms with Gasteiger partial charge in [0.25, 0.3) is 0 Å². The Kier molecular flexibility index (Phi) is 2.79. The molecule has 0 fully saturated rings. The van der Waals surface area contributed by atoms with Crippen LogP contribution in [0.1, 0.15) is 16.5 Å². The second-order valence-electron chi connectivity index (χ2n) is 3.14. The topological polar surface area (TPSA) is 26.0 Å². The van der Waals surface area contributed by atoms with E-state index in [0.29, 0.717) is 0 Å². The molecule has 0 saturated heterocycles. The molecule has 2 N–H and O–H groups in total. The second kappa shape index (κ2) is 4.08. The molecule has 0 spiro atoms. The molecule has 1 atom stereocenters. The fraction of sp³-hybridized carbons (Fsp3) is 0.0909. The zero-order valence-electron chi connectivity index (χ0n) is 7.78. The van der Waals surface area contributed by atoms with Gasteiger partial charge in [-0.05, 0) is 17.5 Å². The van der Waals surface area contributed by atoms with Crippen LogP contribution in [0.25, 0.3) is 0 Å². The minimum absolute atomic E-state index is 0.192. The van der Waals surface area contributed by atoms with E-state index in [1.807, 2.05) is 11.4 Å². The Hall–Kier alpha value is -1.26. The third kappa shape index (κ3) is 1.91. The van der Waals surface area contributed by atoms with Crippen LogP contribution >= 0.6 is 11.3 Å². The van der Waals surface area contributed by atoms with Gasteiger partial charge in [0.05, 0.1) is 6.04 Å². The zero-order chi connectivity index (χ0) is 10.8. The van der Waals surface area contributed by atoms with Crippen molar-refractivity contribution < 1.29 is 8.78 Å². The summed E-state index contributed by atoms with van der Waals surface area (Å²) >= 11 is 1.43. The van der Waals surface area contributed by atoms with Gasteiger partial charge in [0.1, 0.15) is 0 Å². The van der Waals surface area contributed by atoms with E-state index in [0.717, 1.165) is 10.9 Å². The Morgan fingerprint density at radius 3 is 2.60 bits per heavy atom. The van der Waals surface area contributed by atoms with Crippen molar-refractivity contribution in [2.24, 2.45) is 5.73 Å². The van der Waals surface area contributed by atoms with Crippen LogP contribution in [0.2, 0.25) is 0 Å². The molecule has 1 aromatic heterocycles. The fourth-order valence-corrected chi connectivity index (χ4v) is 2.13. The van der Waals surface area contributed by atoms with Crippen molar-refractivity contribution in [3.8, 4) is 0 Å². The molecule has 0 bridgehead atoms. The quantitative estimate of drug-likeness (QED) is 0.835. The van der Waals surface area contributed by atoms with Crippen LogP contribution < -0.4 is 5.73 Å². The SMILES string of the molecule is N[C@H](c1cccs1)c1cccc(F)c1F. The smallest absolute Gasteiger partial charge is 0.163 e. The average Bonchev–Trinajstić information content (AvgIpc) is 2.74. The molecule has 78 valence electrons. The normalized spacial score (nSPS) is 12.7. The first-order chi connectivity index (χ1) is 7.20. The lowest BCUT2D eigenvalue weighted by molar-refractivity contribution is 0.495. The largest absolute Gasteiger partial charge is 0.320 e. The van der Waals surface area contributed by atoms with E-state index < -0.39 is 17.7 Å². The van der Waals surface area contributed by atoms with Crippen LogP contribution in [-0.2, 0) is 0 Å². The highest BCUT2D eigenvalue weighted by molar-refractivity contribution is 7.10. The van der Waals surface area contributed by atoms with Crippen molar-refractivity contribution in [2.75, 3.05) is 0 Å². The number of halogens is 2. The number of rotatable bonds is 2. The van der Waals surface area contributed by atoms with Gasteiger partial charge in [0, 0.05) is 10.4 Å². The van der Waals surface area contributed by atoms with E-state index in [1.165, 1.54) is 23.5 Å². The lowest BCUT2D eigenvalue weighted by Gasteiger charge is -2.11. The fourth-order valence-electron chi connectivity index (χ4n) is 1.38. The molecule has 0 aliphatic carbocycles. The van der Waals surface area contributed by atoms with Crippen LogP contribution in [0.5, 0.6) is 0 Å². The number of hydrogen-bond donors (Lipinski definition) is 1. The summed E-state index contributed by atoms with van der Waals surface area (Å²) in [5, 5.41) is 1.85. The Labute approximate surface area is 90.2 Å². The summed E-state index contributed by atoms with van der Waals surface area (Å²) in [6.07, 6.45) is 0. The van der Waals surface area contributed by atoms with Gasteiger partial charge >= 0.3 is 0 Å². The highest BCUT2D eigenvalue weighted by Gasteiger charge is 2.16. The molecule has 0 saturated carbocycles. The van der Waals surface area contributed by atoms with Gasteiger partial charge in [-0.3, -0.25) is 0 Å². The summed E-state index contributed by atoms with van der Waals surface area (Å²) < 4.78 is 26.3. The van der Waals surface area contributed by atoms with Gasteiger partial charge < -0.3 is 5.73 Å². The lowest BCUT2D eigenvalue weighted by Crippen LogP contribution is -2.12. The van der Waals surface area contributed by atoms with Crippen molar-refractivity contribution >= 4 is 11.3 Å². The summed E-state index contributed by atoms with van der Waals surface area (Å²) in [4.78, 5) is 0.819. The molecule has 0 aliphatic heterocycles. The Morgan fingerprint density at radius 2 is 1.93 bits per heavy atom. The first-order valence-electron chi connectivity index (χ1n) is 4.43. The van der Waals surface area contributed by atoms with Crippen molar-refractivity contribution in [3.63, 3.8) is 0 Å². The van der Waals surface area contributed by atoms with Crippen LogP contribution in [0.4, 0.5) is 8.78 Å². The lowest BCUT2D eigenvalue weighted by atomic mass is 10.1. The predicted molar refractivity (Wildman–Crippen MR) is 56.7 cm³/mol. The molecule has 0 radical (unpaired) electrons. The highest BCUT2D eigenvalue weighted by atomic mass is 32.1. The molecular weight excluding hydrogens is 216 g/mol. The van der Waals surface area contributed by atoms with Gasteiger partial charge in [-0.1, -0.05) is 18.2 Å². The predicted octanol–water partition coefficient (Wildman–Crippen LogP) is 3.07. The van der Waals surface area contributed by atoms with Crippen molar-refractivity contribution in [3.05, 3.63) is 57.8 Å². The maximum atomic E-state index is 13.4. The van der Waals surface area contributed by atoms with Gasteiger partial charge in [-0.15, -0.1) is 11.3 Å². The molecule has 0 aliphatic rings. The molecule has 0 unspecified atom stereocenters. The molecule has 15 heavy (non-hydrogen) atoms. The summed E-state index contributed by atoms with van der Waals surface area (Å²) in [6, 6.07) is 7.08. The second-order valence-corrected chi connectivity index (χ2v) is 4.12. The van der Waals surface area contributed by atoms with Crippen LogP contribution in [0.3, 0.4) is 0 Å². The zero-order valence-corrected chi connectivity index (χ0v) is 8.60. The monoisotopic (exact) mass is 225 g/mol. The maximum absolute atomic E-state index is 13.4. The van der Waals surface area contributed by atoms with Crippen molar-refractivity contribution in [1.82, 2.24) is 0 Å². The van der Waals surface area contributed by atoms with E-state index >= 15 is 0 Å². The van der Waals surface area contributed by atoms with Crippen LogP contribution in [0, 0.1) is 11.6 Å². The third-order valence-electron chi connectivity index (χ3n) is 2.17. The number of benzene rings is 1. The van der Waals surface area contributed by atoms with Gasteiger partial charge in [0.15, 0.2) is 11.6 Å². The number of hydrogen-bond acceptors (Lipinski definition) is 2. The summed E-state index contributed by atoms with van der Waals surface area (Å²) in [6.45, 7) is 0. The van der Waals surface area contributed by atoms with Gasteiger partial charge in [-0.2, -0.15) is 0 Å². The molecular formula is C11H9F2NS. The minimum atomic E-state index is -0.863. The van der Waals surface area contributed by atoms with Crippen molar-refractivity contribution in [2.45, 2.75) is 6.04 Å².